The lowest BCUT2D eigenvalue weighted by Gasteiger charge is -2.18. The van der Waals surface area contributed by atoms with Crippen molar-refractivity contribution in [2.75, 3.05) is 11.4 Å². The number of pyridine rings is 1. The van der Waals surface area contributed by atoms with Gasteiger partial charge in [-0.25, -0.2) is 8.91 Å². The first-order chi connectivity index (χ1) is 12.4. The van der Waals surface area contributed by atoms with Crippen LogP contribution >= 0.6 is 0 Å². The summed E-state index contributed by atoms with van der Waals surface area (Å²) in [5.41, 5.74) is 2.18. The van der Waals surface area contributed by atoms with Crippen molar-refractivity contribution >= 4 is 17.1 Å². The molecule has 6 nitrogen and oxygen atoms in total. The average molecular weight is 349 g/mol. The highest BCUT2D eigenvalue weighted by molar-refractivity contribution is 6.04. The third kappa shape index (κ3) is 2.34. The predicted molar refractivity (Wildman–Crippen MR) is 93.8 cm³/mol. The summed E-state index contributed by atoms with van der Waals surface area (Å²) in [5, 5.41) is 13.6. The second-order valence-electron chi connectivity index (χ2n) is 6.69. The van der Waals surface area contributed by atoms with Crippen molar-refractivity contribution in [3.63, 3.8) is 0 Å². The van der Waals surface area contributed by atoms with Crippen LogP contribution in [0.3, 0.4) is 0 Å². The first-order valence-corrected chi connectivity index (χ1v) is 8.27. The zero-order valence-corrected chi connectivity index (χ0v) is 14.4. The Morgan fingerprint density at radius 2 is 2.15 bits per heavy atom. The van der Waals surface area contributed by atoms with Gasteiger partial charge in [-0.05, 0) is 44.5 Å². The first-order valence-electron chi connectivity index (χ1n) is 8.27. The lowest BCUT2D eigenvalue weighted by atomic mass is 9.91. The van der Waals surface area contributed by atoms with E-state index in [0.717, 1.165) is 11.1 Å². The topological polar surface area (TPSA) is 74.3 Å². The number of fused-ring (bicyclic) bond motifs is 1. The molecule has 3 aromatic heterocycles. The quantitative estimate of drug-likeness (QED) is 0.712. The standard InChI is InChI=1S/C19H16FN5O/c1-12-14(20)3-4-15(23-12)13-9-17-16(5-7-22-25(17)10-13)24-8-6-19(2,11-21)18(24)26/h3-5,7,9-10H,6,8H2,1-2H3/t19-/m1/s1. The lowest BCUT2D eigenvalue weighted by molar-refractivity contribution is -0.122. The van der Waals surface area contributed by atoms with Crippen molar-refractivity contribution in [2.24, 2.45) is 5.41 Å². The van der Waals surface area contributed by atoms with Crippen molar-refractivity contribution in [3.8, 4) is 17.3 Å². The van der Waals surface area contributed by atoms with Crippen LogP contribution in [0, 0.1) is 29.5 Å². The molecule has 1 atom stereocenters. The largest absolute Gasteiger partial charge is 0.309 e. The smallest absolute Gasteiger partial charge is 0.247 e. The SMILES string of the molecule is Cc1nc(-c2cc3c(N4CC[C@](C)(C#N)C4=O)ccnn3c2)ccc1F. The molecule has 4 heterocycles. The van der Waals surface area contributed by atoms with Crippen molar-refractivity contribution in [2.45, 2.75) is 20.3 Å². The van der Waals surface area contributed by atoms with Gasteiger partial charge >= 0.3 is 0 Å². The molecule has 3 aromatic rings. The molecule has 26 heavy (non-hydrogen) atoms. The van der Waals surface area contributed by atoms with Crippen LogP contribution in [0.5, 0.6) is 0 Å². The number of aryl methyl sites for hydroxylation is 1. The fourth-order valence-corrected chi connectivity index (χ4v) is 3.25. The van der Waals surface area contributed by atoms with Crippen LogP contribution in [-0.4, -0.2) is 27.0 Å². The molecule has 4 rings (SSSR count). The van der Waals surface area contributed by atoms with E-state index < -0.39 is 5.41 Å². The van der Waals surface area contributed by atoms with E-state index in [0.29, 0.717) is 30.0 Å². The van der Waals surface area contributed by atoms with Gasteiger partial charge in [0.15, 0.2) is 0 Å². The maximum atomic E-state index is 13.5. The molecule has 0 bridgehead atoms. The van der Waals surface area contributed by atoms with Gasteiger partial charge in [0.2, 0.25) is 5.91 Å². The highest BCUT2D eigenvalue weighted by atomic mass is 19.1. The fourth-order valence-electron chi connectivity index (χ4n) is 3.25. The number of aromatic nitrogens is 3. The highest BCUT2D eigenvalue weighted by Gasteiger charge is 2.44. The monoisotopic (exact) mass is 349 g/mol. The molecule has 0 N–H and O–H groups in total. The minimum absolute atomic E-state index is 0.202. The van der Waals surface area contributed by atoms with E-state index in [9.17, 15) is 14.4 Å². The Bertz CT molecular complexity index is 1080. The number of nitrogens with zero attached hydrogens (tertiary/aromatic N) is 5. The van der Waals surface area contributed by atoms with Crippen molar-refractivity contribution < 1.29 is 9.18 Å². The molecule has 1 fully saturated rings. The molecule has 0 radical (unpaired) electrons. The predicted octanol–water partition coefficient (Wildman–Crippen LogP) is 3.11. The van der Waals surface area contributed by atoms with Gasteiger partial charge in [-0.15, -0.1) is 0 Å². The number of anilines is 1. The number of rotatable bonds is 2. The molecule has 1 aliphatic heterocycles. The average Bonchev–Trinajstić information content (AvgIpc) is 3.20. The number of nitriles is 1. The van der Waals surface area contributed by atoms with Crippen molar-refractivity contribution in [1.82, 2.24) is 14.6 Å². The number of halogens is 1. The number of hydrogen-bond donors (Lipinski definition) is 0. The van der Waals surface area contributed by atoms with E-state index in [-0.39, 0.29) is 11.7 Å². The van der Waals surface area contributed by atoms with Crippen LogP contribution in [0.2, 0.25) is 0 Å². The molecule has 1 saturated heterocycles. The maximum Gasteiger partial charge on any atom is 0.247 e. The molecule has 1 amide bonds. The van der Waals surface area contributed by atoms with Crippen LogP contribution in [-0.2, 0) is 4.79 Å². The Morgan fingerprint density at radius 1 is 1.35 bits per heavy atom. The van der Waals surface area contributed by atoms with E-state index >= 15 is 0 Å². The van der Waals surface area contributed by atoms with Gasteiger partial charge in [-0.3, -0.25) is 9.78 Å². The third-order valence-corrected chi connectivity index (χ3v) is 4.89. The van der Waals surface area contributed by atoms with Gasteiger partial charge < -0.3 is 4.90 Å². The van der Waals surface area contributed by atoms with Crippen LogP contribution in [0.15, 0.2) is 36.7 Å². The van der Waals surface area contributed by atoms with Crippen LogP contribution < -0.4 is 4.90 Å². The Balaban J connectivity index is 1.81. The van der Waals surface area contributed by atoms with E-state index in [2.05, 4.69) is 16.2 Å². The Morgan fingerprint density at radius 3 is 2.85 bits per heavy atom. The second-order valence-corrected chi connectivity index (χ2v) is 6.69. The number of hydrogen-bond acceptors (Lipinski definition) is 4. The Labute approximate surface area is 149 Å². The van der Waals surface area contributed by atoms with E-state index in [1.807, 2.05) is 6.07 Å². The Hall–Kier alpha value is -3.27. The Kier molecular flexibility index (Phi) is 3.51. The molecule has 0 spiro atoms. The molecule has 0 aliphatic carbocycles. The fraction of sp³-hybridized carbons (Fsp3) is 0.263. The van der Waals surface area contributed by atoms with E-state index in [4.69, 9.17) is 0 Å². The van der Waals surface area contributed by atoms with Crippen LogP contribution in [0.1, 0.15) is 19.0 Å². The highest BCUT2D eigenvalue weighted by Crippen LogP contribution is 2.36. The summed E-state index contributed by atoms with van der Waals surface area (Å²) < 4.78 is 15.2. The molecule has 1 aliphatic rings. The van der Waals surface area contributed by atoms with Crippen molar-refractivity contribution in [1.29, 1.82) is 5.26 Å². The minimum Gasteiger partial charge on any atom is -0.309 e. The van der Waals surface area contributed by atoms with Gasteiger partial charge in [-0.1, -0.05) is 0 Å². The van der Waals surface area contributed by atoms with Gasteiger partial charge in [0.25, 0.3) is 0 Å². The lowest BCUT2D eigenvalue weighted by Crippen LogP contribution is -2.32. The molecule has 130 valence electrons. The maximum absolute atomic E-state index is 13.5. The van der Waals surface area contributed by atoms with Crippen LogP contribution in [0.4, 0.5) is 10.1 Å². The second kappa shape index (κ2) is 5.63. The normalized spacial score (nSPS) is 19.9. The summed E-state index contributed by atoms with van der Waals surface area (Å²) in [5.74, 6) is -0.554. The zero-order valence-electron chi connectivity index (χ0n) is 14.4. The molecule has 0 unspecified atom stereocenters. The number of amides is 1. The van der Waals surface area contributed by atoms with Crippen molar-refractivity contribution in [3.05, 3.63) is 48.2 Å². The van der Waals surface area contributed by atoms with Gasteiger partial charge in [0.1, 0.15) is 11.2 Å². The minimum atomic E-state index is -0.995. The molecular formula is C19H16FN5O. The summed E-state index contributed by atoms with van der Waals surface area (Å²) in [7, 11) is 0. The summed E-state index contributed by atoms with van der Waals surface area (Å²) >= 11 is 0. The summed E-state index contributed by atoms with van der Waals surface area (Å²) in [4.78, 5) is 18.6. The zero-order chi connectivity index (χ0) is 18.5. The number of carbonyl (C=O) groups is 1. The summed E-state index contributed by atoms with van der Waals surface area (Å²) in [6.07, 6.45) is 3.90. The third-order valence-electron chi connectivity index (χ3n) is 4.89. The summed E-state index contributed by atoms with van der Waals surface area (Å²) in [6.45, 7) is 3.77. The summed E-state index contributed by atoms with van der Waals surface area (Å²) in [6, 6.07) is 8.76. The molecule has 0 aromatic carbocycles. The van der Waals surface area contributed by atoms with Gasteiger partial charge in [-0.2, -0.15) is 10.4 Å². The van der Waals surface area contributed by atoms with Crippen LogP contribution in [0.25, 0.3) is 16.8 Å². The van der Waals surface area contributed by atoms with E-state index in [1.54, 1.807) is 47.8 Å². The van der Waals surface area contributed by atoms with E-state index in [1.165, 1.54) is 6.07 Å². The molecular weight excluding hydrogens is 333 g/mol. The first kappa shape index (κ1) is 16.2. The van der Waals surface area contributed by atoms with Gasteiger partial charge in [0, 0.05) is 24.5 Å². The van der Waals surface area contributed by atoms with Gasteiger partial charge in [0.05, 0.1) is 28.7 Å². The molecule has 7 heteroatoms. The molecule has 0 saturated carbocycles. The number of carbonyl (C=O) groups excluding carboxylic acids is 1.